The Morgan fingerprint density at radius 1 is 0.862 bits per heavy atom. The van der Waals surface area contributed by atoms with Crippen molar-refractivity contribution >= 4 is 17.7 Å². The van der Waals surface area contributed by atoms with Crippen LogP contribution in [0.2, 0.25) is 0 Å². The molecule has 0 amide bonds. The number of hydrogen-bond donors (Lipinski definition) is 2. The number of imidazole rings is 1. The van der Waals surface area contributed by atoms with E-state index in [1.807, 2.05) is 10.8 Å². The molecule has 0 fully saturated rings. The van der Waals surface area contributed by atoms with Gasteiger partial charge in [0.2, 0.25) is 0 Å². The van der Waals surface area contributed by atoms with Gasteiger partial charge in [-0.2, -0.15) is 0 Å². The molecule has 0 saturated carbocycles. The van der Waals surface area contributed by atoms with Crippen LogP contribution < -0.4 is 5.73 Å². The second-order valence-electron chi connectivity index (χ2n) is 8.40. The summed E-state index contributed by atoms with van der Waals surface area (Å²) in [6.07, 6.45) is 26.4. The van der Waals surface area contributed by atoms with Gasteiger partial charge in [0.1, 0.15) is 0 Å². The topological polar surface area (TPSA) is 64.1 Å². The summed E-state index contributed by atoms with van der Waals surface area (Å²) in [5, 5.41) is 10.1. The molecule has 0 aliphatic carbocycles. The molecule has 5 heteroatoms. The van der Waals surface area contributed by atoms with Gasteiger partial charge in [-0.1, -0.05) is 103 Å². The van der Waals surface area contributed by atoms with Gasteiger partial charge in [0.15, 0.2) is 5.95 Å². The minimum absolute atomic E-state index is 0.211. The molecule has 170 valence electrons. The second kappa shape index (κ2) is 19.3. The number of aromatic nitrogens is 2. The Labute approximate surface area is 184 Å². The molecule has 0 aliphatic heterocycles. The highest BCUT2D eigenvalue weighted by Crippen LogP contribution is 2.18. The van der Waals surface area contributed by atoms with E-state index < -0.39 is 0 Å². The van der Waals surface area contributed by atoms with Gasteiger partial charge in [-0.15, -0.1) is 11.8 Å². The van der Waals surface area contributed by atoms with Crippen LogP contribution in [0.25, 0.3) is 0 Å². The van der Waals surface area contributed by atoms with Crippen LogP contribution in [-0.4, -0.2) is 25.8 Å². The molecule has 3 N–H and O–H groups in total. The molecule has 0 aliphatic rings. The summed E-state index contributed by atoms with van der Waals surface area (Å²) in [6, 6.07) is 0. The predicted molar refractivity (Wildman–Crippen MR) is 129 cm³/mol. The molecule has 0 bridgehead atoms. The van der Waals surface area contributed by atoms with E-state index in [1.54, 1.807) is 18.0 Å². The fraction of sp³-hybridized carbons (Fsp3) is 0.875. The Bertz CT molecular complexity index is 467. The lowest BCUT2D eigenvalue weighted by Crippen LogP contribution is -2.06. The molecule has 0 aromatic carbocycles. The van der Waals surface area contributed by atoms with Gasteiger partial charge in [0.25, 0.3) is 0 Å². The van der Waals surface area contributed by atoms with Crippen LogP contribution in [0.1, 0.15) is 116 Å². The summed E-state index contributed by atoms with van der Waals surface area (Å²) in [5.74, 6) is 1.55. The van der Waals surface area contributed by atoms with E-state index in [9.17, 15) is 5.11 Å². The number of aliphatic hydroxyl groups is 1. The third-order valence-corrected chi connectivity index (χ3v) is 6.80. The Morgan fingerprint density at radius 3 is 1.86 bits per heavy atom. The lowest BCUT2D eigenvalue weighted by atomic mass is 10.0. The maximum absolute atomic E-state index is 10.1. The van der Waals surface area contributed by atoms with Crippen molar-refractivity contribution in [3.63, 3.8) is 0 Å². The zero-order valence-corrected chi connectivity index (χ0v) is 19.8. The van der Waals surface area contributed by atoms with Crippen molar-refractivity contribution in [3.8, 4) is 0 Å². The standard InChI is InChI=1S/C24H47N3OS/c1-2-3-4-5-6-7-8-9-10-11-12-13-14-15-16-18-23(28)29-22-17-20-27-21-19-26-24(27)25/h19,21,23,28H,2-18,20,22H2,1H3,(H2,25,26). The first-order valence-electron chi connectivity index (χ1n) is 12.3. The number of aliphatic hydroxyl groups excluding tert-OH is 1. The van der Waals surface area contributed by atoms with Crippen molar-refractivity contribution in [2.45, 2.75) is 128 Å². The molecule has 29 heavy (non-hydrogen) atoms. The molecule has 0 spiro atoms. The van der Waals surface area contributed by atoms with Gasteiger partial charge < -0.3 is 15.4 Å². The number of nitrogen functional groups attached to an aromatic ring is 1. The number of thioether (sulfide) groups is 1. The molecule has 1 aromatic rings. The van der Waals surface area contributed by atoms with Gasteiger partial charge >= 0.3 is 0 Å². The normalized spacial score (nSPS) is 12.5. The summed E-state index contributed by atoms with van der Waals surface area (Å²) >= 11 is 1.67. The van der Waals surface area contributed by atoms with E-state index in [0.717, 1.165) is 31.6 Å². The monoisotopic (exact) mass is 425 g/mol. The fourth-order valence-electron chi connectivity index (χ4n) is 3.76. The number of anilines is 1. The highest BCUT2D eigenvalue weighted by molar-refractivity contribution is 7.99. The third kappa shape index (κ3) is 15.8. The molecule has 1 aromatic heterocycles. The zero-order chi connectivity index (χ0) is 21.0. The number of aryl methyl sites for hydroxylation is 1. The maximum atomic E-state index is 10.1. The molecular weight excluding hydrogens is 378 g/mol. The quantitative estimate of drug-likeness (QED) is 0.162. The Kier molecular flexibility index (Phi) is 17.5. The van der Waals surface area contributed by atoms with E-state index in [0.29, 0.717) is 5.95 Å². The summed E-state index contributed by atoms with van der Waals surface area (Å²) in [4.78, 5) is 4.02. The van der Waals surface area contributed by atoms with E-state index >= 15 is 0 Å². The SMILES string of the molecule is CCCCCCCCCCCCCCCCCC(O)SCCCn1ccnc1N. The van der Waals surface area contributed by atoms with Crippen LogP contribution in [0.3, 0.4) is 0 Å². The highest BCUT2D eigenvalue weighted by atomic mass is 32.2. The average molecular weight is 426 g/mol. The predicted octanol–water partition coefficient (Wildman–Crippen LogP) is 7.17. The molecule has 1 rings (SSSR count). The number of hydrogen-bond acceptors (Lipinski definition) is 4. The molecule has 1 heterocycles. The van der Waals surface area contributed by atoms with Crippen molar-refractivity contribution in [3.05, 3.63) is 12.4 Å². The van der Waals surface area contributed by atoms with Crippen molar-refractivity contribution < 1.29 is 5.11 Å². The van der Waals surface area contributed by atoms with Crippen molar-refractivity contribution in [2.24, 2.45) is 0 Å². The molecule has 0 saturated heterocycles. The number of nitrogens with zero attached hydrogens (tertiary/aromatic N) is 2. The van der Waals surface area contributed by atoms with Crippen LogP contribution in [0.5, 0.6) is 0 Å². The van der Waals surface area contributed by atoms with Crippen molar-refractivity contribution in [1.29, 1.82) is 0 Å². The van der Waals surface area contributed by atoms with Gasteiger partial charge in [-0.05, 0) is 18.6 Å². The number of nitrogens with two attached hydrogens (primary N) is 1. The van der Waals surface area contributed by atoms with E-state index in [2.05, 4.69) is 11.9 Å². The van der Waals surface area contributed by atoms with Crippen molar-refractivity contribution in [1.82, 2.24) is 9.55 Å². The zero-order valence-electron chi connectivity index (χ0n) is 19.0. The fourth-order valence-corrected chi connectivity index (χ4v) is 4.66. The van der Waals surface area contributed by atoms with E-state index in [1.165, 1.54) is 89.9 Å². The Morgan fingerprint density at radius 2 is 1.38 bits per heavy atom. The summed E-state index contributed by atoms with van der Waals surface area (Å²) in [5.41, 5.74) is 5.54. The maximum Gasteiger partial charge on any atom is 0.200 e. The molecule has 0 radical (unpaired) electrons. The lowest BCUT2D eigenvalue weighted by molar-refractivity contribution is 0.247. The average Bonchev–Trinajstić information content (AvgIpc) is 3.13. The van der Waals surface area contributed by atoms with Gasteiger partial charge in [-0.3, -0.25) is 0 Å². The highest BCUT2D eigenvalue weighted by Gasteiger charge is 2.05. The molecule has 1 atom stereocenters. The Hall–Kier alpha value is -0.680. The van der Waals surface area contributed by atoms with Gasteiger partial charge in [0.05, 0.1) is 5.44 Å². The van der Waals surface area contributed by atoms with E-state index in [4.69, 9.17) is 5.73 Å². The summed E-state index contributed by atoms with van der Waals surface area (Å²) < 4.78 is 1.96. The minimum Gasteiger partial charge on any atom is -0.382 e. The van der Waals surface area contributed by atoms with Crippen LogP contribution in [0.4, 0.5) is 5.95 Å². The second-order valence-corrected chi connectivity index (χ2v) is 9.68. The Balaban J connectivity index is 1.75. The molecule has 1 unspecified atom stereocenters. The molecule has 4 nitrogen and oxygen atoms in total. The number of unbranched alkanes of at least 4 members (excludes halogenated alkanes) is 14. The smallest absolute Gasteiger partial charge is 0.200 e. The lowest BCUT2D eigenvalue weighted by Gasteiger charge is -2.10. The first kappa shape index (κ1) is 26.4. The first-order chi connectivity index (χ1) is 14.2. The third-order valence-electron chi connectivity index (χ3n) is 5.66. The number of rotatable bonds is 21. The van der Waals surface area contributed by atoms with E-state index in [-0.39, 0.29) is 5.44 Å². The van der Waals surface area contributed by atoms with Crippen LogP contribution in [0.15, 0.2) is 12.4 Å². The van der Waals surface area contributed by atoms with Gasteiger partial charge in [-0.25, -0.2) is 4.98 Å². The van der Waals surface area contributed by atoms with Gasteiger partial charge in [0, 0.05) is 18.9 Å². The van der Waals surface area contributed by atoms with Crippen LogP contribution in [-0.2, 0) is 6.54 Å². The van der Waals surface area contributed by atoms with Crippen LogP contribution in [0, 0.1) is 0 Å². The first-order valence-corrected chi connectivity index (χ1v) is 13.3. The largest absolute Gasteiger partial charge is 0.382 e. The summed E-state index contributed by atoms with van der Waals surface area (Å²) in [7, 11) is 0. The van der Waals surface area contributed by atoms with Crippen LogP contribution >= 0.6 is 11.8 Å². The minimum atomic E-state index is -0.211. The summed E-state index contributed by atoms with van der Waals surface area (Å²) in [6.45, 7) is 3.16. The molecular formula is C24H47N3OS. The van der Waals surface area contributed by atoms with Crippen molar-refractivity contribution in [2.75, 3.05) is 11.5 Å².